The lowest BCUT2D eigenvalue weighted by Crippen LogP contribution is -2.14. The molecular formula is C12H15F3N2O2. The molecule has 0 saturated heterocycles. The number of nitrogens with two attached hydrogens (primary N) is 1. The first-order chi connectivity index (χ1) is 8.75. The first-order valence-corrected chi connectivity index (χ1v) is 5.62. The van der Waals surface area contributed by atoms with Gasteiger partial charge in [0.2, 0.25) is 5.91 Å². The molecule has 1 unspecified atom stereocenters. The molecule has 0 spiro atoms. The molecule has 0 aliphatic rings. The van der Waals surface area contributed by atoms with Crippen molar-refractivity contribution in [3.63, 3.8) is 0 Å². The van der Waals surface area contributed by atoms with Crippen LogP contribution in [-0.2, 0) is 11.0 Å². The van der Waals surface area contributed by atoms with E-state index in [1.165, 1.54) is 6.92 Å². The molecule has 1 atom stereocenters. The summed E-state index contributed by atoms with van der Waals surface area (Å²) in [4.78, 5) is 11.0. The van der Waals surface area contributed by atoms with E-state index in [9.17, 15) is 23.1 Å². The monoisotopic (exact) mass is 276 g/mol. The standard InChI is InChI=1S/C12H15F3N2O2/c1-7(18)17-10-3-2-8(12(13,14)15)6-9(10)11(19)4-5-16/h2-3,6,11,19H,4-5,16H2,1H3,(H,17,18). The van der Waals surface area contributed by atoms with Crippen LogP contribution in [0.5, 0.6) is 0 Å². The number of carbonyl (C=O) groups is 1. The van der Waals surface area contributed by atoms with Crippen molar-refractivity contribution in [3.05, 3.63) is 29.3 Å². The Morgan fingerprint density at radius 3 is 2.58 bits per heavy atom. The van der Waals surface area contributed by atoms with Crippen LogP contribution < -0.4 is 11.1 Å². The largest absolute Gasteiger partial charge is 0.416 e. The van der Waals surface area contributed by atoms with Gasteiger partial charge in [0, 0.05) is 18.2 Å². The van der Waals surface area contributed by atoms with Crippen LogP contribution in [0.25, 0.3) is 0 Å². The van der Waals surface area contributed by atoms with Gasteiger partial charge in [-0.3, -0.25) is 4.79 Å². The summed E-state index contributed by atoms with van der Waals surface area (Å²) in [6, 6.07) is 2.80. The average molecular weight is 276 g/mol. The van der Waals surface area contributed by atoms with E-state index < -0.39 is 23.8 Å². The van der Waals surface area contributed by atoms with Gasteiger partial charge >= 0.3 is 6.18 Å². The molecular weight excluding hydrogens is 261 g/mol. The molecule has 7 heteroatoms. The van der Waals surface area contributed by atoms with Crippen LogP contribution in [0.15, 0.2) is 18.2 Å². The minimum atomic E-state index is -4.51. The Morgan fingerprint density at radius 2 is 2.11 bits per heavy atom. The second kappa shape index (κ2) is 6.03. The fraction of sp³-hybridized carbons (Fsp3) is 0.417. The molecule has 0 aromatic heterocycles. The topological polar surface area (TPSA) is 75.3 Å². The van der Waals surface area contributed by atoms with E-state index in [2.05, 4.69) is 5.32 Å². The van der Waals surface area contributed by atoms with Crippen molar-refractivity contribution in [2.24, 2.45) is 5.73 Å². The predicted octanol–water partition coefficient (Wildman–Crippen LogP) is 2.05. The number of halogens is 3. The van der Waals surface area contributed by atoms with Gasteiger partial charge in [0.25, 0.3) is 0 Å². The highest BCUT2D eigenvalue weighted by atomic mass is 19.4. The number of hydrogen-bond donors (Lipinski definition) is 3. The zero-order valence-electron chi connectivity index (χ0n) is 10.3. The summed E-state index contributed by atoms with van der Waals surface area (Å²) in [6.45, 7) is 1.35. The van der Waals surface area contributed by atoms with Gasteiger partial charge in [-0.2, -0.15) is 13.2 Å². The molecule has 0 aliphatic heterocycles. The normalized spacial score (nSPS) is 13.2. The molecule has 1 rings (SSSR count). The van der Waals surface area contributed by atoms with E-state index in [4.69, 9.17) is 5.73 Å². The second-order valence-electron chi connectivity index (χ2n) is 4.07. The molecule has 1 aromatic carbocycles. The van der Waals surface area contributed by atoms with Crippen molar-refractivity contribution < 1.29 is 23.1 Å². The Hall–Kier alpha value is -1.60. The van der Waals surface area contributed by atoms with Gasteiger partial charge in [-0.05, 0) is 31.2 Å². The van der Waals surface area contributed by atoms with Gasteiger partial charge in [0.1, 0.15) is 0 Å². The van der Waals surface area contributed by atoms with Crippen LogP contribution in [0.1, 0.15) is 30.6 Å². The van der Waals surface area contributed by atoms with Gasteiger partial charge in [-0.25, -0.2) is 0 Å². The van der Waals surface area contributed by atoms with Crippen molar-refractivity contribution in [1.29, 1.82) is 0 Å². The first-order valence-electron chi connectivity index (χ1n) is 5.62. The van der Waals surface area contributed by atoms with Crippen LogP contribution in [-0.4, -0.2) is 17.6 Å². The van der Waals surface area contributed by atoms with Gasteiger partial charge in [-0.15, -0.1) is 0 Å². The van der Waals surface area contributed by atoms with Crippen molar-refractivity contribution in [3.8, 4) is 0 Å². The van der Waals surface area contributed by atoms with Crippen molar-refractivity contribution in [1.82, 2.24) is 0 Å². The third-order valence-corrected chi connectivity index (χ3v) is 2.49. The Kier molecular flexibility index (Phi) is 4.90. The number of carbonyl (C=O) groups excluding carboxylic acids is 1. The maximum Gasteiger partial charge on any atom is 0.416 e. The van der Waals surface area contributed by atoms with E-state index >= 15 is 0 Å². The Morgan fingerprint density at radius 1 is 1.47 bits per heavy atom. The molecule has 106 valence electrons. The van der Waals surface area contributed by atoms with Gasteiger partial charge in [0.15, 0.2) is 0 Å². The van der Waals surface area contributed by atoms with Crippen LogP contribution in [0.2, 0.25) is 0 Å². The summed E-state index contributed by atoms with van der Waals surface area (Å²) in [5, 5.41) is 12.2. The molecule has 0 aliphatic carbocycles. The fourth-order valence-corrected chi connectivity index (χ4v) is 1.63. The van der Waals surface area contributed by atoms with Crippen molar-refractivity contribution >= 4 is 11.6 Å². The zero-order valence-corrected chi connectivity index (χ0v) is 10.3. The maximum atomic E-state index is 12.6. The SMILES string of the molecule is CC(=O)Nc1ccc(C(F)(F)F)cc1C(O)CCN. The van der Waals surface area contributed by atoms with Crippen LogP contribution in [0.4, 0.5) is 18.9 Å². The number of nitrogens with one attached hydrogen (secondary N) is 1. The summed E-state index contributed by atoms with van der Waals surface area (Å²) in [5.74, 6) is -0.430. The number of aliphatic hydroxyl groups excluding tert-OH is 1. The van der Waals surface area contributed by atoms with Crippen LogP contribution in [0.3, 0.4) is 0 Å². The summed E-state index contributed by atoms with van der Waals surface area (Å²) >= 11 is 0. The highest BCUT2D eigenvalue weighted by Crippen LogP contribution is 2.34. The molecule has 0 saturated carbocycles. The molecule has 4 N–H and O–H groups in total. The van der Waals surface area contributed by atoms with E-state index in [0.29, 0.717) is 0 Å². The number of anilines is 1. The number of alkyl halides is 3. The lowest BCUT2D eigenvalue weighted by molar-refractivity contribution is -0.137. The highest BCUT2D eigenvalue weighted by Gasteiger charge is 2.31. The van der Waals surface area contributed by atoms with E-state index in [0.717, 1.165) is 18.2 Å². The smallest absolute Gasteiger partial charge is 0.388 e. The molecule has 1 aromatic rings. The minimum absolute atomic E-state index is 0.00970. The highest BCUT2D eigenvalue weighted by molar-refractivity contribution is 5.89. The molecule has 4 nitrogen and oxygen atoms in total. The zero-order chi connectivity index (χ0) is 14.6. The summed E-state index contributed by atoms with van der Waals surface area (Å²) in [6.07, 6.45) is -5.56. The molecule has 0 radical (unpaired) electrons. The lowest BCUT2D eigenvalue weighted by Gasteiger charge is -2.17. The van der Waals surface area contributed by atoms with Gasteiger partial charge < -0.3 is 16.2 Å². The molecule has 0 fully saturated rings. The van der Waals surface area contributed by atoms with Crippen LogP contribution in [0, 0.1) is 0 Å². The Bertz CT molecular complexity index is 461. The third-order valence-electron chi connectivity index (χ3n) is 2.49. The number of rotatable bonds is 4. The molecule has 0 heterocycles. The quantitative estimate of drug-likeness (QED) is 0.787. The van der Waals surface area contributed by atoms with Gasteiger partial charge in [-0.1, -0.05) is 0 Å². The lowest BCUT2D eigenvalue weighted by atomic mass is 10.0. The Balaban J connectivity index is 3.21. The Labute approximate surface area is 108 Å². The summed E-state index contributed by atoms with van der Waals surface area (Å²) in [7, 11) is 0. The van der Waals surface area contributed by atoms with E-state index in [1.807, 2.05) is 0 Å². The number of hydrogen-bond acceptors (Lipinski definition) is 3. The fourth-order valence-electron chi connectivity index (χ4n) is 1.63. The van der Waals surface area contributed by atoms with Crippen molar-refractivity contribution in [2.45, 2.75) is 25.6 Å². The van der Waals surface area contributed by atoms with Crippen molar-refractivity contribution in [2.75, 3.05) is 11.9 Å². The van der Waals surface area contributed by atoms with E-state index in [-0.39, 0.29) is 24.2 Å². The van der Waals surface area contributed by atoms with Gasteiger partial charge in [0.05, 0.1) is 11.7 Å². The van der Waals surface area contributed by atoms with Crippen LogP contribution >= 0.6 is 0 Å². The predicted molar refractivity (Wildman–Crippen MR) is 64.4 cm³/mol. The number of benzene rings is 1. The minimum Gasteiger partial charge on any atom is -0.388 e. The van der Waals surface area contributed by atoms with E-state index in [1.54, 1.807) is 0 Å². The summed E-state index contributed by atoms with van der Waals surface area (Å²) in [5.41, 5.74) is 4.55. The first kappa shape index (κ1) is 15.5. The number of aliphatic hydroxyl groups is 1. The average Bonchev–Trinajstić information content (AvgIpc) is 2.27. The molecule has 1 amide bonds. The second-order valence-corrected chi connectivity index (χ2v) is 4.07. The number of amides is 1. The third kappa shape index (κ3) is 4.22. The maximum absolute atomic E-state index is 12.6. The molecule has 0 bridgehead atoms. The molecule has 19 heavy (non-hydrogen) atoms. The summed E-state index contributed by atoms with van der Waals surface area (Å²) < 4.78 is 37.9.